The summed E-state index contributed by atoms with van der Waals surface area (Å²) in [7, 11) is 0. The Morgan fingerprint density at radius 2 is 1.54 bits per heavy atom. The van der Waals surface area contributed by atoms with E-state index in [1.54, 1.807) is 19.9 Å². The van der Waals surface area contributed by atoms with Crippen LogP contribution in [0.15, 0.2) is 34.9 Å². The van der Waals surface area contributed by atoms with E-state index in [9.17, 15) is 29.7 Å². The first-order valence-electron chi connectivity index (χ1n) is 15.3. The molecule has 0 unspecified atom stereocenters. The van der Waals surface area contributed by atoms with Crippen molar-refractivity contribution in [2.45, 2.75) is 131 Å². The van der Waals surface area contributed by atoms with E-state index in [0.29, 0.717) is 5.57 Å². The second-order valence-electron chi connectivity index (χ2n) is 11.8. The molecule has 3 N–H and O–H groups in total. The predicted molar refractivity (Wildman–Crippen MR) is 160 cm³/mol. The van der Waals surface area contributed by atoms with E-state index in [-0.39, 0.29) is 29.8 Å². The molecule has 0 aromatic heterocycles. The highest BCUT2D eigenvalue weighted by Gasteiger charge is 2.40. The minimum Gasteiger partial charge on any atom is -0.460 e. The molecule has 1 aliphatic rings. The Kier molecular flexibility index (Phi) is 17.0. The summed E-state index contributed by atoms with van der Waals surface area (Å²) >= 11 is 0. The summed E-state index contributed by atoms with van der Waals surface area (Å²) in [6.07, 6.45) is 11.4. The van der Waals surface area contributed by atoms with E-state index < -0.39 is 42.3 Å². The highest BCUT2D eigenvalue weighted by Crippen LogP contribution is 2.23. The molecule has 0 aromatic rings. The Morgan fingerprint density at radius 1 is 0.951 bits per heavy atom. The number of cyclic esters (lactones) is 1. The largest absolute Gasteiger partial charge is 0.460 e. The number of rotatable bonds is 18. The number of aliphatic hydroxyl groups excluding tert-OH is 3. The molecule has 8 nitrogen and oxygen atoms in total. The van der Waals surface area contributed by atoms with E-state index in [4.69, 9.17) is 9.47 Å². The molecule has 1 heterocycles. The number of ketones is 1. The molecule has 234 valence electrons. The maximum Gasteiger partial charge on any atom is 0.337 e. The van der Waals surface area contributed by atoms with Crippen LogP contribution in [-0.2, 0) is 23.9 Å². The third kappa shape index (κ3) is 13.0. The fraction of sp³-hybridized carbons (Fsp3) is 0.727. The summed E-state index contributed by atoms with van der Waals surface area (Å²) in [5.74, 6) is -2.39. The molecule has 1 saturated heterocycles. The fourth-order valence-electron chi connectivity index (χ4n) is 5.17. The molecule has 7 atom stereocenters. The number of unbranched alkanes of at least 4 members (excludes halogenated alkanes) is 7. The van der Waals surface area contributed by atoms with Crippen molar-refractivity contribution in [3.63, 3.8) is 0 Å². The molecular weight excluding hydrogens is 524 g/mol. The summed E-state index contributed by atoms with van der Waals surface area (Å²) in [6, 6.07) is 0. The Morgan fingerprint density at radius 3 is 2.15 bits per heavy atom. The van der Waals surface area contributed by atoms with Gasteiger partial charge in [-0.1, -0.05) is 103 Å². The van der Waals surface area contributed by atoms with Crippen LogP contribution in [0.2, 0.25) is 0 Å². The number of allylic oxidation sites excluding steroid dienone is 4. The lowest BCUT2D eigenvalue weighted by molar-refractivity contribution is -0.195. The third-order valence-corrected chi connectivity index (χ3v) is 7.82. The average Bonchev–Trinajstić information content (AvgIpc) is 2.93. The molecule has 0 amide bonds. The van der Waals surface area contributed by atoms with Crippen LogP contribution in [0.4, 0.5) is 0 Å². The van der Waals surface area contributed by atoms with Gasteiger partial charge in [0.1, 0.15) is 12.7 Å². The molecule has 41 heavy (non-hydrogen) atoms. The molecule has 0 spiro atoms. The summed E-state index contributed by atoms with van der Waals surface area (Å²) in [5.41, 5.74) is 1.56. The van der Waals surface area contributed by atoms with E-state index in [0.717, 1.165) is 18.4 Å². The first-order chi connectivity index (χ1) is 19.3. The Hall–Kier alpha value is -2.29. The van der Waals surface area contributed by atoms with Gasteiger partial charge in [-0.25, -0.2) is 9.59 Å². The molecule has 1 fully saturated rings. The van der Waals surface area contributed by atoms with Crippen LogP contribution in [0.25, 0.3) is 0 Å². The molecule has 0 saturated carbocycles. The van der Waals surface area contributed by atoms with Crippen LogP contribution in [0.3, 0.4) is 0 Å². The number of carbonyl (C=O) groups is 3. The van der Waals surface area contributed by atoms with E-state index in [1.807, 2.05) is 19.9 Å². The van der Waals surface area contributed by atoms with Gasteiger partial charge >= 0.3 is 11.9 Å². The molecular formula is C33H54O8. The normalized spacial score (nSPS) is 23.4. The first-order valence-corrected chi connectivity index (χ1v) is 15.3. The zero-order valence-electron chi connectivity index (χ0n) is 26.2. The van der Waals surface area contributed by atoms with Crippen LogP contribution < -0.4 is 0 Å². The van der Waals surface area contributed by atoms with Gasteiger partial charge in [0.25, 0.3) is 0 Å². The average molecular weight is 579 g/mol. The standard InChI is InChI=1S/C33H54O8/c1-8-9-10-11-12-13-14-15-16-22(3)28(34)23(4)17-21(2)18-24(5)29(35)25(6)19-26(7)32(38)41-27-20-40-33(39)31(37)30(27)36/h17-19,22-23,25,27-28,30-31,34,36-37H,8-16,20H2,1-7H3/b21-17+,24-18+,26-19+/t22-,23-,25+,27+,28+,30+,31-/m0/s1. The van der Waals surface area contributed by atoms with Crippen molar-refractivity contribution in [1.82, 2.24) is 0 Å². The van der Waals surface area contributed by atoms with E-state index >= 15 is 0 Å². The van der Waals surface area contributed by atoms with Gasteiger partial charge in [-0.15, -0.1) is 0 Å². The summed E-state index contributed by atoms with van der Waals surface area (Å²) in [6.45, 7) is 12.8. The molecule has 8 heteroatoms. The van der Waals surface area contributed by atoms with Crippen molar-refractivity contribution >= 4 is 17.7 Å². The second kappa shape index (κ2) is 19.0. The van der Waals surface area contributed by atoms with Gasteiger partial charge in [-0.2, -0.15) is 0 Å². The van der Waals surface area contributed by atoms with Crippen LogP contribution in [0.5, 0.6) is 0 Å². The molecule has 1 rings (SSSR count). The van der Waals surface area contributed by atoms with Gasteiger partial charge in [0.05, 0.1) is 6.10 Å². The lowest BCUT2D eigenvalue weighted by Gasteiger charge is -2.30. The van der Waals surface area contributed by atoms with Crippen LogP contribution in [0.1, 0.15) is 106 Å². The van der Waals surface area contributed by atoms with Crippen molar-refractivity contribution in [2.75, 3.05) is 6.61 Å². The van der Waals surface area contributed by atoms with Crippen molar-refractivity contribution in [3.05, 3.63) is 34.9 Å². The summed E-state index contributed by atoms with van der Waals surface area (Å²) in [4.78, 5) is 36.7. The van der Waals surface area contributed by atoms with Crippen LogP contribution in [0, 0.1) is 17.8 Å². The second-order valence-corrected chi connectivity index (χ2v) is 11.8. The number of carbonyl (C=O) groups excluding carboxylic acids is 3. The van der Waals surface area contributed by atoms with Crippen LogP contribution in [-0.4, -0.2) is 64.1 Å². The third-order valence-electron chi connectivity index (χ3n) is 7.82. The highest BCUT2D eigenvalue weighted by molar-refractivity contribution is 5.99. The summed E-state index contributed by atoms with van der Waals surface area (Å²) in [5, 5.41) is 30.4. The fourth-order valence-corrected chi connectivity index (χ4v) is 5.17. The topological polar surface area (TPSA) is 130 Å². The zero-order chi connectivity index (χ0) is 31.1. The number of esters is 2. The predicted octanol–water partition coefficient (Wildman–Crippen LogP) is 5.38. The quantitative estimate of drug-likeness (QED) is 0.0855. The van der Waals surface area contributed by atoms with Crippen molar-refractivity contribution < 1.29 is 39.2 Å². The SMILES string of the molecule is CCCCCCCCCC[C@H](C)[C@@H](O)[C@@H](C)/C=C(C)/C=C(\C)C(=O)[C@H](C)/C=C(\C)C(=O)O[C@@H]1COC(=O)[C@@H](O)[C@@H]1O. The number of ether oxygens (including phenoxy) is 2. The van der Waals surface area contributed by atoms with Crippen molar-refractivity contribution in [1.29, 1.82) is 0 Å². The molecule has 0 aliphatic carbocycles. The van der Waals surface area contributed by atoms with E-state index in [1.165, 1.54) is 57.9 Å². The smallest absolute Gasteiger partial charge is 0.337 e. The van der Waals surface area contributed by atoms with Crippen LogP contribution >= 0.6 is 0 Å². The Labute approximate surface area is 246 Å². The maximum atomic E-state index is 13.0. The minimum atomic E-state index is -1.78. The monoisotopic (exact) mass is 578 g/mol. The lowest BCUT2D eigenvalue weighted by atomic mass is 9.88. The van der Waals surface area contributed by atoms with Gasteiger partial charge in [0.2, 0.25) is 0 Å². The minimum absolute atomic E-state index is 0.0551. The van der Waals surface area contributed by atoms with Gasteiger partial charge in [-0.05, 0) is 38.7 Å². The zero-order valence-corrected chi connectivity index (χ0v) is 26.2. The molecule has 0 aromatic carbocycles. The Balaban J connectivity index is 2.60. The summed E-state index contributed by atoms with van der Waals surface area (Å²) < 4.78 is 9.88. The number of aliphatic hydroxyl groups is 3. The molecule has 1 aliphatic heterocycles. The van der Waals surface area contributed by atoms with Crippen molar-refractivity contribution in [2.24, 2.45) is 17.8 Å². The Bertz CT molecular complexity index is 934. The number of Topliss-reactive ketones (excluding diaryl/α,β-unsaturated/α-hetero) is 1. The first kappa shape index (κ1) is 36.7. The van der Waals surface area contributed by atoms with Crippen molar-refractivity contribution in [3.8, 4) is 0 Å². The van der Waals surface area contributed by atoms with Gasteiger partial charge in [-0.3, -0.25) is 4.79 Å². The number of hydrogen-bond donors (Lipinski definition) is 3. The molecule has 0 bridgehead atoms. The lowest BCUT2D eigenvalue weighted by Crippen LogP contribution is -2.52. The number of hydrogen-bond acceptors (Lipinski definition) is 8. The maximum absolute atomic E-state index is 13.0. The highest BCUT2D eigenvalue weighted by atomic mass is 16.6. The van der Waals surface area contributed by atoms with Gasteiger partial charge in [0.15, 0.2) is 18.0 Å². The van der Waals surface area contributed by atoms with E-state index in [2.05, 4.69) is 13.8 Å². The van der Waals surface area contributed by atoms with Gasteiger partial charge in [0, 0.05) is 17.4 Å². The molecule has 0 radical (unpaired) electrons. The van der Waals surface area contributed by atoms with Gasteiger partial charge < -0.3 is 24.8 Å².